The molecule has 1 N–H and O–H groups in total. The maximum Gasteiger partial charge on any atom is 0.166 e. The molecule has 0 spiro atoms. The van der Waals surface area contributed by atoms with Gasteiger partial charge in [0.25, 0.3) is 0 Å². The maximum atomic E-state index is 12.7. The molecule has 3 nitrogen and oxygen atoms in total. The second-order valence-electron chi connectivity index (χ2n) is 2.13. The molecule has 12 heavy (non-hydrogen) atoms. The molecule has 1 rings (SSSR count). The van der Waals surface area contributed by atoms with Crippen molar-refractivity contribution in [2.75, 3.05) is 0 Å². The van der Waals surface area contributed by atoms with Gasteiger partial charge in [0.05, 0.1) is 17.2 Å². The van der Waals surface area contributed by atoms with Crippen LogP contribution in [0.4, 0.5) is 4.39 Å². The van der Waals surface area contributed by atoms with E-state index in [2.05, 4.69) is 0 Å². The summed E-state index contributed by atoms with van der Waals surface area (Å²) in [7, 11) is 0. The average molecular weight is 165 g/mol. The van der Waals surface area contributed by atoms with Crippen molar-refractivity contribution < 1.29 is 14.3 Å². The number of nitrogens with zero attached hydrogens (tertiary/aromatic N) is 1. The van der Waals surface area contributed by atoms with Crippen LogP contribution in [0.5, 0.6) is 5.75 Å². The lowest BCUT2D eigenvalue weighted by Gasteiger charge is -1.98. The van der Waals surface area contributed by atoms with Gasteiger partial charge in [-0.3, -0.25) is 4.79 Å². The van der Waals surface area contributed by atoms with Crippen molar-refractivity contribution in [3.63, 3.8) is 0 Å². The highest BCUT2D eigenvalue weighted by molar-refractivity contribution is 5.79. The van der Waals surface area contributed by atoms with Crippen LogP contribution in [0.25, 0.3) is 0 Å². The lowest BCUT2D eigenvalue weighted by Crippen LogP contribution is -1.88. The standard InChI is InChI=1S/C8H4FNO2/c9-7-2-5(3-10)1-6(4-11)8(7)12/h1-2,4,12H. The van der Waals surface area contributed by atoms with Crippen molar-refractivity contribution in [1.82, 2.24) is 0 Å². The molecule has 0 heterocycles. The van der Waals surface area contributed by atoms with Gasteiger partial charge in [-0.05, 0) is 12.1 Å². The van der Waals surface area contributed by atoms with E-state index in [1.807, 2.05) is 0 Å². The van der Waals surface area contributed by atoms with Crippen LogP contribution in [0.1, 0.15) is 15.9 Å². The van der Waals surface area contributed by atoms with Crippen molar-refractivity contribution in [3.8, 4) is 11.8 Å². The van der Waals surface area contributed by atoms with Gasteiger partial charge in [-0.15, -0.1) is 0 Å². The van der Waals surface area contributed by atoms with E-state index in [0.717, 1.165) is 12.1 Å². The van der Waals surface area contributed by atoms with Gasteiger partial charge >= 0.3 is 0 Å². The Morgan fingerprint density at radius 2 is 2.25 bits per heavy atom. The third-order valence-electron chi connectivity index (χ3n) is 1.35. The molecule has 0 saturated heterocycles. The van der Waals surface area contributed by atoms with Crippen molar-refractivity contribution in [2.45, 2.75) is 0 Å². The normalized spacial score (nSPS) is 9.00. The maximum absolute atomic E-state index is 12.7. The van der Waals surface area contributed by atoms with E-state index in [1.165, 1.54) is 0 Å². The first-order valence-electron chi connectivity index (χ1n) is 3.07. The minimum Gasteiger partial charge on any atom is -0.504 e. The molecule has 0 unspecified atom stereocenters. The summed E-state index contributed by atoms with van der Waals surface area (Å²) >= 11 is 0. The van der Waals surface area contributed by atoms with Crippen LogP contribution < -0.4 is 0 Å². The summed E-state index contributed by atoms with van der Waals surface area (Å²) in [4.78, 5) is 10.2. The first-order valence-corrected chi connectivity index (χ1v) is 3.07. The quantitative estimate of drug-likeness (QED) is 0.636. The van der Waals surface area contributed by atoms with Crippen LogP contribution in [-0.4, -0.2) is 11.4 Å². The number of carbonyl (C=O) groups excluding carboxylic acids is 1. The van der Waals surface area contributed by atoms with Crippen molar-refractivity contribution in [2.24, 2.45) is 0 Å². The van der Waals surface area contributed by atoms with Gasteiger partial charge in [-0.2, -0.15) is 5.26 Å². The Hall–Kier alpha value is -1.89. The number of phenolic OH excluding ortho intramolecular Hbond substituents is 1. The molecule has 0 radical (unpaired) electrons. The van der Waals surface area contributed by atoms with E-state index in [9.17, 15) is 9.18 Å². The second kappa shape index (κ2) is 3.01. The van der Waals surface area contributed by atoms with E-state index in [-0.39, 0.29) is 11.1 Å². The SMILES string of the molecule is N#Cc1cc(F)c(O)c(C=O)c1. The lowest BCUT2D eigenvalue weighted by molar-refractivity contribution is 0.112. The molecule has 0 aliphatic rings. The number of nitriles is 1. The van der Waals surface area contributed by atoms with E-state index in [0.29, 0.717) is 6.29 Å². The molecule has 4 heteroatoms. The molecule has 60 valence electrons. The van der Waals surface area contributed by atoms with Crippen LogP contribution in [0, 0.1) is 17.1 Å². The molecule has 0 atom stereocenters. The molecular formula is C8H4FNO2. The zero-order chi connectivity index (χ0) is 9.14. The molecule has 0 amide bonds. The number of aromatic hydroxyl groups is 1. The summed E-state index contributed by atoms with van der Waals surface area (Å²) in [5.41, 5.74) is -0.209. The number of hydrogen-bond acceptors (Lipinski definition) is 3. The zero-order valence-corrected chi connectivity index (χ0v) is 5.91. The van der Waals surface area contributed by atoms with Crippen molar-refractivity contribution >= 4 is 6.29 Å². The summed E-state index contributed by atoms with van der Waals surface area (Å²) in [5.74, 6) is -1.68. The molecule has 0 bridgehead atoms. The number of rotatable bonds is 1. The second-order valence-corrected chi connectivity index (χ2v) is 2.13. The average Bonchev–Trinajstić information content (AvgIpc) is 2.09. The fourth-order valence-electron chi connectivity index (χ4n) is 0.775. The van der Waals surface area contributed by atoms with E-state index >= 15 is 0 Å². The van der Waals surface area contributed by atoms with E-state index in [1.54, 1.807) is 6.07 Å². The highest BCUT2D eigenvalue weighted by atomic mass is 19.1. The zero-order valence-electron chi connectivity index (χ0n) is 5.91. The molecule has 1 aromatic rings. The Balaban J connectivity index is 3.41. The number of phenols is 1. The molecule has 0 saturated carbocycles. The smallest absolute Gasteiger partial charge is 0.166 e. The Kier molecular flexibility index (Phi) is 2.06. The van der Waals surface area contributed by atoms with Gasteiger partial charge in [0.1, 0.15) is 0 Å². The number of aldehydes is 1. The van der Waals surface area contributed by atoms with Gasteiger partial charge < -0.3 is 5.11 Å². The van der Waals surface area contributed by atoms with Crippen LogP contribution in [-0.2, 0) is 0 Å². The van der Waals surface area contributed by atoms with Crippen molar-refractivity contribution in [1.29, 1.82) is 5.26 Å². The first kappa shape index (κ1) is 8.21. The number of carbonyl (C=O) groups is 1. The fourth-order valence-corrected chi connectivity index (χ4v) is 0.775. The summed E-state index contributed by atoms with van der Waals surface area (Å²) in [6, 6.07) is 3.64. The predicted molar refractivity (Wildman–Crippen MR) is 38.2 cm³/mol. The summed E-state index contributed by atoms with van der Waals surface area (Å²) < 4.78 is 12.7. The van der Waals surface area contributed by atoms with Crippen LogP contribution in [0.3, 0.4) is 0 Å². The molecule has 0 fully saturated rings. The predicted octanol–water partition coefficient (Wildman–Crippen LogP) is 1.22. The summed E-state index contributed by atoms with van der Waals surface area (Å²) in [6.45, 7) is 0. The fraction of sp³-hybridized carbons (Fsp3) is 0. The molecule has 1 aromatic carbocycles. The highest BCUT2D eigenvalue weighted by Crippen LogP contribution is 2.20. The minimum absolute atomic E-state index is 0.00685. The van der Waals surface area contributed by atoms with E-state index < -0.39 is 11.6 Å². The Morgan fingerprint density at radius 3 is 2.75 bits per heavy atom. The third kappa shape index (κ3) is 1.25. The number of benzene rings is 1. The third-order valence-corrected chi connectivity index (χ3v) is 1.35. The largest absolute Gasteiger partial charge is 0.504 e. The van der Waals surface area contributed by atoms with Gasteiger partial charge in [0, 0.05) is 0 Å². The topological polar surface area (TPSA) is 61.1 Å². The molecule has 0 aliphatic heterocycles. The van der Waals surface area contributed by atoms with Gasteiger partial charge in [-0.25, -0.2) is 4.39 Å². The highest BCUT2D eigenvalue weighted by Gasteiger charge is 2.08. The van der Waals surface area contributed by atoms with Crippen molar-refractivity contribution in [3.05, 3.63) is 29.1 Å². The Labute approximate surface area is 67.7 Å². The van der Waals surface area contributed by atoms with E-state index in [4.69, 9.17) is 10.4 Å². The Bertz CT molecular complexity index is 368. The number of hydrogen-bond donors (Lipinski definition) is 1. The summed E-state index contributed by atoms with van der Waals surface area (Å²) in [6.07, 6.45) is 0.291. The number of halogens is 1. The first-order chi connectivity index (χ1) is 5.69. The minimum atomic E-state index is -0.962. The summed E-state index contributed by atoms with van der Waals surface area (Å²) in [5, 5.41) is 17.3. The molecule has 0 aromatic heterocycles. The monoisotopic (exact) mass is 165 g/mol. The Morgan fingerprint density at radius 1 is 1.58 bits per heavy atom. The van der Waals surface area contributed by atoms with Crippen LogP contribution in [0.2, 0.25) is 0 Å². The molecule has 0 aliphatic carbocycles. The van der Waals surface area contributed by atoms with Gasteiger partial charge in [-0.1, -0.05) is 0 Å². The van der Waals surface area contributed by atoms with Crippen LogP contribution in [0.15, 0.2) is 12.1 Å². The van der Waals surface area contributed by atoms with Crippen LogP contribution >= 0.6 is 0 Å². The van der Waals surface area contributed by atoms with Gasteiger partial charge in [0.15, 0.2) is 17.9 Å². The lowest BCUT2D eigenvalue weighted by atomic mass is 10.1. The molecular weight excluding hydrogens is 161 g/mol. The van der Waals surface area contributed by atoms with Gasteiger partial charge in [0.2, 0.25) is 0 Å².